The van der Waals surface area contributed by atoms with E-state index in [0.717, 1.165) is 34.9 Å². The van der Waals surface area contributed by atoms with E-state index in [1.807, 2.05) is 12.1 Å². The first kappa shape index (κ1) is 30.3. The maximum Gasteiger partial charge on any atom is 0.540 e. The van der Waals surface area contributed by atoms with Gasteiger partial charge in [0, 0.05) is 17.5 Å². The number of nitrogens with zero attached hydrogens (tertiary/aromatic N) is 1. The number of ether oxygens (including phenoxy) is 2. The van der Waals surface area contributed by atoms with Gasteiger partial charge in [-0.2, -0.15) is 8.78 Å². The van der Waals surface area contributed by atoms with E-state index in [2.05, 4.69) is 35.6 Å². The second-order valence-electron chi connectivity index (χ2n) is 10.5. The van der Waals surface area contributed by atoms with Crippen LogP contribution in [0.2, 0.25) is 0 Å². The molecule has 1 aliphatic rings. The van der Waals surface area contributed by atoms with Crippen molar-refractivity contribution in [1.29, 1.82) is 0 Å². The van der Waals surface area contributed by atoms with Crippen molar-refractivity contribution in [2.45, 2.75) is 45.1 Å². The minimum atomic E-state index is -4.50. The summed E-state index contributed by atoms with van der Waals surface area (Å²) in [7, 11) is 0. The summed E-state index contributed by atoms with van der Waals surface area (Å²) in [5.41, 5.74) is 1.93. The van der Waals surface area contributed by atoms with E-state index in [0.29, 0.717) is 5.69 Å². The maximum atomic E-state index is 14.3. The Hall–Kier alpha value is -4.64. The van der Waals surface area contributed by atoms with Crippen LogP contribution in [-0.2, 0) is 27.6 Å². The number of nitrogens with one attached hydrogen (secondary N) is 1. The number of amides is 2. The van der Waals surface area contributed by atoms with Crippen LogP contribution in [0.5, 0.6) is 5.75 Å². The number of carbonyl (C=O) groups excluding carboxylic acids is 1. The molecule has 0 saturated heterocycles. The third-order valence-electron chi connectivity index (χ3n) is 6.27. The molecule has 3 aromatic rings. The van der Waals surface area contributed by atoms with Crippen LogP contribution >= 0.6 is 0 Å². The predicted molar refractivity (Wildman–Crippen MR) is 150 cm³/mol. The number of benzene rings is 3. The van der Waals surface area contributed by atoms with Gasteiger partial charge in [-0.25, -0.2) is 14.3 Å². The lowest BCUT2D eigenvalue weighted by Gasteiger charge is -2.31. The lowest BCUT2D eigenvalue weighted by Crippen LogP contribution is -2.41. The number of anilines is 2. The Morgan fingerprint density at radius 1 is 0.952 bits per heavy atom. The predicted octanol–water partition coefficient (Wildman–Crippen LogP) is 7.89. The van der Waals surface area contributed by atoms with Gasteiger partial charge in [0.05, 0.1) is 12.1 Å². The lowest BCUT2D eigenvalue weighted by atomic mass is 9.87. The fourth-order valence-electron chi connectivity index (χ4n) is 4.11. The number of allylic oxidation sites excluding steroid dienone is 2. The SMILES string of the molecule is CC(C)(C)c1ccc(N(Cc2ccc(C=CC=CC(=O)O)cc2)C(=O)Nc2ccc3c(c2)C(F)(F)OC(F)(F)O3)cc1. The highest BCUT2D eigenvalue weighted by molar-refractivity contribution is 6.01. The van der Waals surface area contributed by atoms with Crippen molar-refractivity contribution in [1.82, 2.24) is 0 Å². The molecule has 0 radical (unpaired) electrons. The number of carbonyl (C=O) groups is 2. The van der Waals surface area contributed by atoms with Crippen LogP contribution in [0.15, 0.2) is 85.0 Å². The average Bonchev–Trinajstić information content (AvgIpc) is 2.89. The summed E-state index contributed by atoms with van der Waals surface area (Å²) in [5, 5.41) is 11.2. The van der Waals surface area contributed by atoms with E-state index in [9.17, 15) is 27.2 Å². The molecule has 0 fully saturated rings. The monoisotopic (exact) mass is 584 g/mol. The van der Waals surface area contributed by atoms with Crippen molar-refractivity contribution >= 4 is 29.5 Å². The second kappa shape index (κ2) is 11.7. The Labute approximate surface area is 239 Å². The Morgan fingerprint density at radius 2 is 1.62 bits per heavy atom. The van der Waals surface area contributed by atoms with Gasteiger partial charge >= 0.3 is 24.4 Å². The zero-order chi connectivity index (χ0) is 30.7. The van der Waals surface area contributed by atoms with Crippen LogP contribution in [0.25, 0.3) is 6.08 Å². The normalized spacial score (nSPS) is 15.7. The summed E-state index contributed by atoms with van der Waals surface area (Å²) in [6.07, 6.45) is -3.15. The molecule has 1 heterocycles. The third-order valence-corrected chi connectivity index (χ3v) is 6.27. The lowest BCUT2D eigenvalue weighted by molar-refractivity contribution is -0.461. The second-order valence-corrected chi connectivity index (χ2v) is 10.5. The summed E-state index contributed by atoms with van der Waals surface area (Å²) < 4.78 is 63.0. The molecular formula is C31H28F4N2O5. The topological polar surface area (TPSA) is 88.1 Å². The average molecular weight is 585 g/mol. The minimum absolute atomic E-state index is 0.0814. The minimum Gasteiger partial charge on any atom is -0.478 e. The summed E-state index contributed by atoms with van der Waals surface area (Å²) in [5.74, 6) is -1.83. The van der Waals surface area contributed by atoms with E-state index >= 15 is 0 Å². The molecule has 11 heteroatoms. The number of halogens is 4. The molecule has 7 nitrogen and oxygen atoms in total. The molecule has 0 aliphatic carbocycles. The number of alkyl halides is 4. The highest BCUT2D eigenvalue weighted by atomic mass is 19.3. The molecule has 0 atom stereocenters. The van der Waals surface area contributed by atoms with E-state index in [1.165, 1.54) is 17.0 Å². The van der Waals surface area contributed by atoms with E-state index < -0.39 is 35.7 Å². The van der Waals surface area contributed by atoms with Crippen LogP contribution < -0.4 is 15.0 Å². The molecule has 42 heavy (non-hydrogen) atoms. The summed E-state index contributed by atoms with van der Waals surface area (Å²) >= 11 is 0. The smallest absolute Gasteiger partial charge is 0.478 e. The number of aliphatic carboxylic acids is 1. The van der Waals surface area contributed by atoms with Gasteiger partial charge in [-0.1, -0.05) is 75.4 Å². The van der Waals surface area contributed by atoms with Gasteiger partial charge in [0.1, 0.15) is 5.75 Å². The Kier molecular flexibility index (Phi) is 8.44. The van der Waals surface area contributed by atoms with Gasteiger partial charge in [0.15, 0.2) is 0 Å². The zero-order valence-corrected chi connectivity index (χ0v) is 22.9. The van der Waals surface area contributed by atoms with Crippen molar-refractivity contribution in [2.24, 2.45) is 0 Å². The number of urea groups is 1. The van der Waals surface area contributed by atoms with Crippen LogP contribution in [0.3, 0.4) is 0 Å². The Morgan fingerprint density at radius 3 is 2.24 bits per heavy atom. The molecule has 4 rings (SSSR count). The van der Waals surface area contributed by atoms with E-state index in [4.69, 9.17) is 5.11 Å². The fraction of sp³-hybridized carbons (Fsp3) is 0.226. The summed E-state index contributed by atoms with van der Waals surface area (Å²) in [6.45, 7) is 6.25. The van der Waals surface area contributed by atoms with Gasteiger partial charge in [0.25, 0.3) is 0 Å². The standard InChI is InChI=1S/C31H28F4N2O5/c1-29(2,3)22-12-15-24(16-13-22)37(19-21-10-8-20(9-11-21)6-4-5-7-27(38)39)28(40)36-23-14-17-26-25(18-23)30(32,33)42-31(34,35)41-26/h4-18H,19H2,1-3H3,(H,36,40)(H,38,39). The number of carboxylic acid groups (broad SMARTS) is 1. The molecule has 3 aromatic carbocycles. The van der Waals surface area contributed by atoms with Gasteiger partial charge in [-0.05, 0) is 52.4 Å². The zero-order valence-electron chi connectivity index (χ0n) is 22.9. The molecule has 2 amide bonds. The van der Waals surface area contributed by atoms with Crippen molar-refractivity contribution in [3.05, 3.63) is 107 Å². The van der Waals surface area contributed by atoms with Crippen LogP contribution in [-0.4, -0.2) is 23.4 Å². The first-order valence-electron chi connectivity index (χ1n) is 12.8. The largest absolute Gasteiger partial charge is 0.540 e. The van der Waals surface area contributed by atoms with E-state index in [-0.39, 0.29) is 17.6 Å². The van der Waals surface area contributed by atoms with Crippen LogP contribution in [0.4, 0.5) is 33.7 Å². The number of carboxylic acids is 1. The van der Waals surface area contributed by atoms with Crippen molar-refractivity contribution in [2.75, 3.05) is 10.2 Å². The Bertz CT molecular complexity index is 1510. The van der Waals surface area contributed by atoms with Crippen molar-refractivity contribution in [3.8, 4) is 5.75 Å². The Balaban J connectivity index is 1.60. The number of rotatable bonds is 7. The number of fused-ring (bicyclic) bond motifs is 1. The molecule has 0 unspecified atom stereocenters. The van der Waals surface area contributed by atoms with Gasteiger partial charge in [-0.3, -0.25) is 4.90 Å². The molecular weight excluding hydrogens is 556 g/mol. The first-order chi connectivity index (χ1) is 19.6. The molecule has 2 N–H and O–H groups in total. The van der Waals surface area contributed by atoms with Gasteiger partial charge < -0.3 is 15.2 Å². The first-order valence-corrected chi connectivity index (χ1v) is 12.8. The third kappa shape index (κ3) is 7.55. The molecule has 0 saturated carbocycles. The van der Waals surface area contributed by atoms with E-state index in [1.54, 1.807) is 48.6 Å². The molecule has 0 bridgehead atoms. The summed E-state index contributed by atoms with van der Waals surface area (Å²) in [4.78, 5) is 25.5. The number of hydrogen-bond donors (Lipinski definition) is 2. The van der Waals surface area contributed by atoms with Gasteiger partial charge in [0.2, 0.25) is 0 Å². The molecule has 0 spiro atoms. The quantitative estimate of drug-likeness (QED) is 0.168. The molecule has 220 valence electrons. The maximum absolute atomic E-state index is 14.3. The highest BCUT2D eigenvalue weighted by Gasteiger charge is 2.54. The van der Waals surface area contributed by atoms with Gasteiger partial charge in [-0.15, -0.1) is 8.78 Å². The van der Waals surface area contributed by atoms with Crippen LogP contribution in [0.1, 0.15) is 43.0 Å². The van der Waals surface area contributed by atoms with Crippen molar-refractivity contribution in [3.63, 3.8) is 0 Å². The molecule has 1 aliphatic heterocycles. The summed E-state index contributed by atoms with van der Waals surface area (Å²) in [6, 6.07) is 16.7. The number of hydrogen-bond acceptors (Lipinski definition) is 4. The van der Waals surface area contributed by atoms with Crippen molar-refractivity contribution < 1.29 is 41.7 Å². The van der Waals surface area contributed by atoms with Crippen LogP contribution in [0, 0.1) is 0 Å². The highest BCUT2D eigenvalue weighted by Crippen LogP contribution is 2.47. The molecule has 0 aromatic heterocycles. The fourth-order valence-corrected chi connectivity index (χ4v) is 4.11.